The Balaban J connectivity index is 2.24. The van der Waals surface area contributed by atoms with Crippen molar-refractivity contribution in [3.63, 3.8) is 0 Å². The van der Waals surface area contributed by atoms with Crippen LogP contribution in [0.25, 0.3) is 0 Å². The third-order valence-electron chi connectivity index (χ3n) is 4.05. The van der Waals surface area contributed by atoms with E-state index in [1.807, 2.05) is 24.6 Å². The second kappa shape index (κ2) is 5.38. The summed E-state index contributed by atoms with van der Waals surface area (Å²) in [5.74, 6) is 0. The number of nitrogens with two attached hydrogens (primary N) is 1. The van der Waals surface area contributed by atoms with Gasteiger partial charge in [-0.1, -0.05) is 0 Å². The molecule has 1 saturated heterocycles. The molecule has 0 aliphatic carbocycles. The smallest absolute Gasteiger partial charge is 0.105 e. The predicted octanol–water partition coefficient (Wildman–Crippen LogP) is 1.00. The Morgan fingerprint density at radius 3 is 2.72 bits per heavy atom. The largest absolute Gasteiger partial charge is 0.386 e. The first-order chi connectivity index (χ1) is 8.63. The van der Waals surface area contributed by atoms with E-state index in [0.29, 0.717) is 19.8 Å². The van der Waals surface area contributed by atoms with Crippen LogP contribution in [0.3, 0.4) is 0 Å². The summed E-state index contributed by atoms with van der Waals surface area (Å²) < 4.78 is 7.28. The highest BCUT2D eigenvalue weighted by molar-refractivity contribution is 5.15. The molecule has 0 bridgehead atoms. The molecule has 1 aliphatic heterocycles. The first-order valence-corrected chi connectivity index (χ1v) is 6.63. The molecule has 1 aromatic heterocycles. The summed E-state index contributed by atoms with van der Waals surface area (Å²) >= 11 is 0. The SMILES string of the molecule is CCn1nc([C@@H](O)C2(CN)CCOCC2)cc1C. The summed E-state index contributed by atoms with van der Waals surface area (Å²) in [5.41, 5.74) is 7.44. The minimum atomic E-state index is -0.599. The van der Waals surface area contributed by atoms with Gasteiger partial charge in [0.05, 0.1) is 5.69 Å². The van der Waals surface area contributed by atoms with Gasteiger partial charge >= 0.3 is 0 Å². The molecule has 2 rings (SSSR count). The Bertz CT molecular complexity index is 397. The number of ether oxygens (including phenoxy) is 1. The number of hydrogen-bond acceptors (Lipinski definition) is 4. The predicted molar refractivity (Wildman–Crippen MR) is 69.1 cm³/mol. The number of aliphatic hydroxyl groups is 1. The van der Waals surface area contributed by atoms with Crippen LogP contribution in [-0.4, -0.2) is 34.6 Å². The standard InChI is InChI=1S/C13H23N3O2/c1-3-16-10(2)8-11(15-16)12(17)13(9-14)4-6-18-7-5-13/h8,12,17H,3-7,9,14H2,1-2H3/t12-/m1/s1. The van der Waals surface area contributed by atoms with Crippen molar-refractivity contribution < 1.29 is 9.84 Å². The van der Waals surface area contributed by atoms with Gasteiger partial charge < -0.3 is 15.6 Å². The fourth-order valence-corrected chi connectivity index (χ4v) is 2.67. The molecule has 3 N–H and O–H groups in total. The molecule has 0 aromatic carbocycles. The van der Waals surface area contributed by atoms with Crippen LogP contribution in [-0.2, 0) is 11.3 Å². The Morgan fingerprint density at radius 1 is 1.56 bits per heavy atom. The molecular formula is C13H23N3O2. The lowest BCUT2D eigenvalue weighted by molar-refractivity contribution is -0.0599. The topological polar surface area (TPSA) is 73.3 Å². The van der Waals surface area contributed by atoms with Crippen LogP contribution < -0.4 is 5.73 Å². The van der Waals surface area contributed by atoms with E-state index in [1.54, 1.807) is 0 Å². The molecule has 1 atom stereocenters. The molecule has 1 aromatic rings. The normalized spacial score (nSPS) is 20.9. The van der Waals surface area contributed by atoms with E-state index >= 15 is 0 Å². The maximum atomic E-state index is 10.6. The molecule has 0 amide bonds. The van der Waals surface area contributed by atoms with Gasteiger partial charge in [0.2, 0.25) is 0 Å². The number of hydrogen-bond donors (Lipinski definition) is 2. The summed E-state index contributed by atoms with van der Waals surface area (Å²) in [6.45, 7) is 6.67. The average molecular weight is 253 g/mol. The van der Waals surface area contributed by atoms with Crippen LogP contribution in [0.5, 0.6) is 0 Å². The fraction of sp³-hybridized carbons (Fsp3) is 0.769. The Labute approximate surface area is 108 Å². The second-order valence-corrected chi connectivity index (χ2v) is 5.11. The van der Waals surface area contributed by atoms with Crippen molar-refractivity contribution in [2.75, 3.05) is 19.8 Å². The highest BCUT2D eigenvalue weighted by atomic mass is 16.5. The first kappa shape index (κ1) is 13.5. The lowest BCUT2D eigenvalue weighted by Crippen LogP contribution is -2.41. The number of aromatic nitrogens is 2. The molecule has 2 heterocycles. The van der Waals surface area contributed by atoms with Crippen LogP contribution in [0.15, 0.2) is 6.07 Å². The summed E-state index contributed by atoms with van der Waals surface area (Å²) in [6.07, 6.45) is 0.990. The van der Waals surface area contributed by atoms with Gasteiger partial charge in [-0.2, -0.15) is 5.10 Å². The van der Waals surface area contributed by atoms with Gasteiger partial charge in [-0.25, -0.2) is 0 Å². The van der Waals surface area contributed by atoms with Crippen LogP contribution in [0.2, 0.25) is 0 Å². The molecule has 0 spiro atoms. The van der Waals surface area contributed by atoms with Gasteiger partial charge in [-0.05, 0) is 32.8 Å². The third-order valence-corrected chi connectivity index (χ3v) is 4.05. The molecule has 5 nitrogen and oxygen atoms in total. The van der Waals surface area contributed by atoms with Crippen molar-refractivity contribution in [2.24, 2.45) is 11.1 Å². The Morgan fingerprint density at radius 2 is 2.22 bits per heavy atom. The van der Waals surface area contributed by atoms with Crippen molar-refractivity contribution >= 4 is 0 Å². The monoisotopic (exact) mass is 253 g/mol. The van der Waals surface area contributed by atoms with E-state index in [-0.39, 0.29) is 5.41 Å². The lowest BCUT2D eigenvalue weighted by atomic mass is 9.74. The molecule has 5 heteroatoms. The highest BCUT2D eigenvalue weighted by Crippen LogP contribution is 2.41. The van der Waals surface area contributed by atoms with Crippen LogP contribution in [0.1, 0.15) is 37.3 Å². The Hall–Kier alpha value is -0.910. The molecule has 1 aliphatic rings. The number of aliphatic hydroxyl groups excluding tert-OH is 1. The molecule has 1 fully saturated rings. The molecule has 0 unspecified atom stereocenters. The van der Waals surface area contributed by atoms with E-state index in [4.69, 9.17) is 10.5 Å². The zero-order valence-corrected chi connectivity index (χ0v) is 11.2. The first-order valence-electron chi connectivity index (χ1n) is 6.63. The van der Waals surface area contributed by atoms with E-state index in [0.717, 1.165) is 30.8 Å². The van der Waals surface area contributed by atoms with E-state index < -0.39 is 6.10 Å². The zero-order chi connectivity index (χ0) is 13.2. The van der Waals surface area contributed by atoms with Gasteiger partial charge in [0.15, 0.2) is 0 Å². The summed E-state index contributed by atoms with van der Waals surface area (Å²) in [4.78, 5) is 0. The molecular weight excluding hydrogens is 230 g/mol. The van der Waals surface area contributed by atoms with Crippen LogP contribution in [0, 0.1) is 12.3 Å². The molecule has 0 saturated carbocycles. The van der Waals surface area contributed by atoms with E-state index in [1.165, 1.54) is 0 Å². The summed E-state index contributed by atoms with van der Waals surface area (Å²) in [5, 5.41) is 15.1. The van der Waals surface area contributed by atoms with Crippen molar-refractivity contribution in [2.45, 2.75) is 39.3 Å². The highest BCUT2D eigenvalue weighted by Gasteiger charge is 2.40. The van der Waals surface area contributed by atoms with Crippen molar-refractivity contribution in [1.29, 1.82) is 0 Å². The van der Waals surface area contributed by atoms with Crippen molar-refractivity contribution in [3.8, 4) is 0 Å². The van der Waals surface area contributed by atoms with Gasteiger partial charge in [0, 0.05) is 37.4 Å². The minimum absolute atomic E-state index is 0.280. The quantitative estimate of drug-likeness (QED) is 0.839. The van der Waals surface area contributed by atoms with E-state index in [2.05, 4.69) is 5.10 Å². The fourth-order valence-electron chi connectivity index (χ4n) is 2.67. The van der Waals surface area contributed by atoms with Gasteiger partial charge in [-0.15, -0.1) is 0 Å². The van der Waals surface area contributed by atoms with Crippen molar-refractivity contribution in [3.05, 3.63) is 17.5 Å². The van der Waals surface area contributed by atoms with Crippen LogP contribution in [0.4, 0.5) is 0 Å². The molecule has 18 heavy (non-hydrogen) atoms. The number of aryl methyl sites for hydroxylation is 2. The zero-order valence-electron chi connectivity index (χ0n) is 11.2. The lowest BCUT2D eigenvalue weighted by Gasteiger charge is -2.39. The molecule has 102 valence electrons. The summed E-state index contributed by atoms with van der Waals surface area (Å²) in [7, 11) is 0. The molecule has 0 radical (unpaired) electrons. The Kier molecular flexibility index (Phi) is 4.04. The average Bonchev–Trinajstić information content (AvgIpc) is 2.79. The minimum Gasteiger partial charge on any atom is -0.386 e. The maximum absolute atomic E-state index is 10.6. The maximum Gasteiger partial charge on any atom is 0.105 e. The third kappa shape index (κ3) is 2.30. The van der Waals surface area contributed by atoms with Gasteiger partial charge in [0.25, 0.3) is 0 Å². The number of nitrogens with zero attached hydrogens (tertiary/aromatic N) is 2. The number of rotatable bonds is 4. The van der Waals surface area contributed by atoms with Gasteiger partial charge in [0.1, 0.15) is 6.10 Å². The van der Waals surface area contributed by atoms with Gasteiger partial charge in [-0.3, -0.25) is 4.68 Å². The second-order valence-electron chi connectivity index (χ2n) is 5.11. The van der Waals surface area contributed by atoms with E-state index in [9.17, 15) is 5.11 Å². The summed E-state index contributed by atoms with van der Waals surface area (Å²) in [6, 6.07) is 1.96. The van der Waals surface area contributed by atoms with Crippen LogP contribution >= 0.6 is 0 Å². The van der Waals surface area contributed by atoms with Crippen molar-refractivity contribution in [1.82, 2.24) is 9.78 Å².